The number of carbonyl (C=O) groups excluding carboxylic acids is 1. The van der Waals surface area contributed by atoms with E-state index in [1.807, 2.05) is 0 Å². The summed E-state index contributed by atoms with van der Waals surface area (Å²) < 4.78 is 13.6. The van der Waals surface area contributed by atoms with Crippen LogP contribution in [0.3, 0.4) is 0 Å². The maximum absolute atomic E-state index is 13.6. The van der Waals surface area contributed by atoms with Crippen LogP contribution < -0.4 is 0 Å². The molecule has 1 heterocycles. The third-order valence-electron chi connectivity index (χ3n) is 2.26. The van der Waals surface area contributed by atoms with Gasteiger partial charge in [0.1, 0.15) is 0 Å². The van der Waals surface area contributed by atoms with Crippen LogP contribution in [0.4, 0.5) is 4.39 Å². The summed E-state index contributed by atoms with van der Waals surface area (Å²) in [5, 5.41) is 0.711. The maximum Gasteiger partial charge on any atom is 0.221 e. The molecule has 0 fully saturated rings. The van der Waals surface area contributed by atoms with Crippen molar-refractivity contribution in [1.82, 2.24) is 4.98 Å². The van der Waals surface area contributed by atoms with Crippen molar-refractivity contribution in [3.8, 4) is 11.1 Å². The predicted octanol–water partition coefficient (Wildman–Crippen LogP) is 4.01. The Labute approximate surface area is 107 Å². The van der Waals surface area contributed by atoms with E-state index in [9.17, 15) is 9.18 Å². The van der Waals surface area contributed by atoms with Crippen LogP contribution in [0, 0.1) is 5.95 Å². The molecule has 17 heavy (non-hydrogen) atoms. The van der Waals surface area contributed by atoms with Crippen LogP contribution in [0.1, 0.15) is 10.4 Å². The van der Waals surface area contributed by atoms with Crippen molar-refractivity contribution in [2.75, 3.05) is 0 Å². The van der Waals surface area contributed by atoms with Gasteiger partial charge in [-0.2, -0.15) is 4.39 Å². The molecule has 86 valence electrons. The first-order valence-corrected chi connectivity index (χ1v) is 5.44. The highest BCUT2D eigenvalue weighted by Gasteiger charge is 2.14. The third-order valence-corrected chi connectivity index (χ3v) is 2.81. The van der Waals surface area contributed by atoms with Crippen LogP contribution in [-0.2, 0) is 0 Å². The third kappa shape index (κ3) is 2.30. The highest BCUT2D eigenvalue weighted by molar-refractivity contribution is 6.36. The topological polar surface area (TPSA) is 30.0 Å². The average molecular weight is 270 g/mol. The molecule has 0 saturated heterocycles. The number of hydrogen-bond donors (Lipinski definition) is 0. The molecular formula is C12H6Cl2FNO. The largest absolute Gasteiger partial charge is 0.298 e. The molecule has 2 nitrogen and oxygen atoms in total. The van der Waals surface area contributed by atoms with Gasteiger partial charge in [-0.3, -0.25) is 4.79 Å². The second-order valence-electron chi connectivity index (χ2n) is 3.31. The summed E-state index contributed by atoms with van der Waals surface area (Å²) in [4.78, 5) is 14.4. The van der Waals surface area contributed by atoms with Crippen LogP contribution in [0.5, 0.6) is 0 Å². The minimum absolute atomic E-state index is 0.0872. The van der Waals surface area contributed by atoms with Crippen LogP contribution in [0.2, 0.25) is 10.0 Å². The highest BCUT2D eigenvalue weighted by Crippen LogP contribution is 2.33. The normalized spacial score (nSPS) is 10.3. The smallest absolute Gasteiger partial charge is 0.221 e. The quantitative estimate of drug-likeness (QED) is 0.609. The van der Waals surface area contributed by atoms with Crippen molar-refractivity contribution < 1.29 is 9.18 Å². The first-order valence-electron chi connectivity index (χ1n) is 4.68. The van der Waals surface area contributed by atoms with Gasteiger partial charge in [-0.05, 0) is 18.2 Å². The van der Waals surface area contributed by atoms with Crippen molar-refractivity contribution in [2.45, 2.75) is 0 Å². The van der Waals surface area contributed by atoms with Gasteiger partial charge in [-0.1, -0.05) is 29.3 Å². The lowest BCUT2D eigenvalue weighted by molar-refractivity contribution is 0.112. The summed E-state index contributed by atoms with van der Waals surface area (Å²) >= 11 is 11.7. The van der Waals surface area contributed by atoms with E-state index in [-0.39, 0.29) is 16.1 Å². The fraction of sp³-hybridized carbons (Fsp3) is 0. The lowest BCUT2D eigenvalue weighted by Crippen LogP contribution is -1.95. The minimum atomic E-state index is -0.737. The fourth-order valence-corrected chi connectivity index (χ4v) is 2.01. The Morgan fingerprint density at radius 2 is 2.00 bits per heavy atom. The summed E-state index contributed by atoms with van der Waals surface area (Å²) in [7, 11) is 0. The second-order valence-corrected chi connectivity index (χ2v) is 4.15. The number of hydrogen-bond acceptors (Lipinski definition) is 2. The fourth-order valence-electron chi connectivity index (χ4n) is 1.51. The van der Waals surface area contributed by atoms with Crippen molar-refractivity contribution >= 4 is 29.5 Å². The number of benzene rings is 1. The standard InChI is InChI=1S/C12H6Cl2FNO/c13-8-1-2-9(10(14)5-8)11-7(6-17)3-4-16-12(11)15/h1-6H. The van der Waals surface area contributed by atoms with Gasteiger partial charge in [0.05, 0.1) is 5.02 Å². The molecule has 5 heteroatoms. The molecule has 0 saturated carbocycles. The number of carbonyl (C=O) groups is 1. The summed E-state index contributed by atoms with van der Waals surface area (Å²) in [6.45, 7) is 0. The number of aldehydes is 1. The van der Waals surface area contributed by atoms with Crippen LogP contribution >= 0.6 is 23.2 Å². The Hall–Kier alpha value is -1.45. The molecule has 0 aliphatic carbocycles. The molecule has 0 bridgehead atoms. The van der Waals surface area contributed by atoms with Gasteiger partial charge in [-0.15, -0.1) is 0 Å². The minimum Gasteiger partial charge on any atom is -0.298 e. The first kappa shape index (κ1) is 12.0. The molecule has 0 amide bonds. The monoisotopic (exact) mass is 269 g/mol. The molecule has 0 radical (unpaired) electrons. The highest BCUT2D eigenvalue weighted by atomic mass is 35.5. The van der Waals surface area contributed by atoms with Gasteiger partial charge < -0.3 is 0 Å². The summed E-state index contributed by atoms with van der Waals surface area (Å²) in [6.07, 6.45) is 1.79. The van der Waals surface area contributed by atoms with E-state index in [1.165, 1.54) is 18.3 Å². The van der Waals surface area contributed by atoms with Crippen molar-refractivity contribution in [3.63, 3.8) is 0 Å². The predicted molar refractivity (Wildman–Crippen MR) is 65.0 cm³/mol. The molecular weight excluding hydrogens is 264 g/mol. The van der Waals surface area contributed by atoms with Crippen LogP contribution in [0.25, 0.3) is 11.1 Å². The zero-order chi connectivity index (χ0) is 12.4. The van der Waals surface area contributed by atoms with E-state index in [0.29, 0.717) is 16.9 Å². The van der Waals surface area contributed by atoms with Gasteiger partial charge in [-0.25, -0.2) is 4.98 Å². The Balaban J connectivity index is 2.71. The van der Waals surface area contributed by atoms with Gasteiger partial charge >= 0.3 is 0 Å². The molecule has 1 aromatic carbocycles. The number of pyridine rings is 1. The molecule has 1 aromatic heterocycles. The zero-order valence-electron chi connectivity index (χ0n) is 8.45. The SMILES string of the molecule is O=Cc1ccnc(F)c1-c1ccc(Cl)cc1Cl. The molecule has 0 aliphatic rings. The van der Waals surface area contributed by atoms with Crippen LogP contribution in [0.15, 0.2) is 30.5 Å². The lowest BCUT2D eigenvalue weighted by atomic mass is 10.0. The molecule has 2 aromatic rings. The summed E-state index contributed by atoms with van der Waals surface area (Å²) in [5.41, 5.74) is 0.676. The molecule has 0 aliphatic heterocycles. The first-order chi connectivity index (χ1) is 8.13. The average Bonchev–Trinajstić information content (AvgIpc) is 2.30. The Morgan fingerprint density at radius 3 is 2.65 bits per heavy atom. The number of halogens is 3. The molecule has 0 spiro atoms. The van der Waals surface area contributed by atoms with Crippen molar-refractivity contribution in [2.24, 2.45) is 0 Å². The van der Waals surface area contributed by atoms with Gasteiger partial charge in [0, 0.05) is 27.9 Å². The van der Waals surface area contributed by atoms with Crippen molar-refractivity contribution in [3.05, 3.63) is 52.0 Å². The summed E-state index contributed by atoms with van der Waals surface area (Å²) in [5.74, 6) is -0.737. The Kier molecular flexibility index (Phi) is 3.41. The molecule has 0 unspecified atom stereocenters. The second kappa shape index (κ2) is 4.82. The lowest BCUT2D eigenvalue weighted by Gasteiger charge is -2.08. The molecule has 0 atom stereocenters. The number of rotatable bonds is 2. The molecule has 2 rings (SSSR count). The van der Waals surface area contributed by atoms with E-state index in [2.05, 4.69) is 4.98 Å². The zero-order valence-corrected chi connectivity index (χ0v) is 9.97. The summed E-state index contributed by atoms with van der Waals surface area (Å²) in [6, 6.07) is 6.04. The van der Waals surface area contributed by atoms with E-state index in [4.69, 9.17) is 23.2 Å². The van der Waals surface area contributed by atoms with E-state index < -0.39 is 5.95 Å². The number of aromatic nitrogens is 1. The van der Waals surface area contributed by atoms with E-state index in [1.54, 1.807) is 12.1 Å². The van der Waals surface area contributed by atoms with Crippen LogP contribution in [-0.4, -0.2) is 11.3 Å². The maximum atomic E-state index is 13.6. The van der Waals surface area contributed by atoms with Crippen molar-refractivity contribution in [1.29, 1.82) is 0 Å². The van der Waals surface area contributed by atoms with Gasteiger partial charge in [0.15, 0.2) is 6.29 Å². The Morgan fingerprint density at radius 1 is 1.24 bits per heavy atom. The Bertz CT molecular complexity index is 587. The van der Waals surface area contributed by atoms with Gasteiger partial charge in [0.25, 0.3) is 0 Å². The van der Waals surface area contributed by atoms with Gasteiger partial charge in [0.2, 0.25) is 5.95 Å². The van der Waals surface area contributed by atoms with E-state index in [0.717, 1.165) is 0 Å². The number of nitrogens with zero attached hydrogens (tertiary/aromatic N) is 1. The molecule has 0 N–H and O–H groups in total. The van der Waals surface area contributed by atoms with E-state index >= 15 is 0 Å².